The molecular weight excluding hydrogens is 365 g/mol. The topological polar surface area (TPSA) is 69.9 Å². The minimum Gasteiger partial charge on any atom is -0.508 e. The second-order valence-corrected chi connectivity index (χ2v) is 6.24. The van der Waals surface area contributed by atoms with Crippen LogP contribution in [0.3, 0.4) is 0 Å². The minimum atomic E-state index is -0.469. The van der Waals surface area contributed by atoms with Crippen LogP contribution in [0.1, 0.15) is 16.1 Å². The third kappa shape index (κ3) is 4.26. The number of aromatic nitrogens is 1. The van der Waals surface area contributed by atoms with Gasteiger partial charge in [0.1, 0.15) is 30.5 Å². The Morgan fingerprint density at radius 1 is 1.11 bits per heavy atom. The van der Waals surface area contributed by atoms with E-state index in [1.807, 2.05) is 11.5 Å². The molecule has 6 nitrogen and oxygen atoms in total. The highest BCUT2D eigenvalue weighted by Crippen LogP contribution is 2.29. The number of carbonyl (C=O) groups is 1. The lowest BCUT2D eigenvalue weighted by molar-refractivity contribution is 0.0389. The molecule has 148 valence electrons. The summed E-state index contributed by atoms with van der Waals surface area (Å²) in [6.07, 6.45) is 0. The van der Waals surface area contributed by atoms with Gasteiger partial charge in [0.05, 0.1) is 18.7 Å². The van der Waals surface area contributed by atoms with Crippen molar-refractivity contribution in [2.24, 2.45) is 0 Å². The van der Waals surface area contributed by atoms with Gasteiger partial charge < -0.3 is 23.9 Å². The molecule has 0 radical (unpaired) electrons. The van der Waals surface area contributed by atoms with Gasteiger partial charge in [-0.3, -0.25) is 0 Å². The van der Waals surface area contributed by atoms with Crippen LogP contribution in [0, 0.1) is 12.7 Å². The van der Waals surface area contributed by atoms with E-state index >= 15 is 0 Å². The molecule has 0 aliphatic carbocycles. The first-order chi connectivity index (χ1) is 13.5. The summed E-state index contributed by atoms with van der Waals surface area (Å²) in [5.41, 5.74) is 1.91. The Hall–Kier alpha value is -3.06. The van der Waals surface area contributed by atoms with Gasteiger partial charge in [-0.05, 0) is 49.4 Å². The maximum Gasteiger partial charge on any atom is 0.340 e. The number of aromatic hydroxyl groups is 1. The predicted octanol–water partition coefficient (Wildman–Crippen LogP) is 3.68. The maximum atomic E-state index is 13.0. The zero-order chi connectivity index (χ0) is 20.1. The summed E-state index contributed by atoms with van der Waals surface area (Å²) in [6.45, 7) is 3.07. The van der Waals surface area contributed by atoms with E-state index in [2.05, 4.69) is 0 Å². The van der Waals surface area contributed by atoms with Crippen LogP contribution >= 0.6 is 0 Å². The van der Waals surface area contributed by atoms with Gasteiger partial charge in [0, 0.05) is 23.7 Å². The zero-order valence-corrected chi connectivity index (χ0v) is 15.8. The summed E-state index contributed by atoms with van der Waals surface area (Å²) in [5, 5.41) is 10.5. The molecule has 0 aliphatic rings. The molecule has 0 fully saturated rings. The van der Waals surface area contributed by atoms with Gasteiger partial charge in [-0.25, -0.2) is 9.18 Å². The maximum absolute atomic E-state index is 13.0. The zero-order valence-electron chi connectivity index (χ0n) is 15.8. The number of phenolic OH excluding ortho intramolecular Hbond substituents is 1. The average Bonchev–Trinajstić information content (AvgIpc) is 2.94. The number of hydrogen-bond acceptors (Lipinski definition) is 5. The molecule has 1 heterocycles. The van der Waals surface area contributed by atoms with Gasteiger partial charge in [0.15, 0.2) is 0 Å². The van der Waals surface area contributed by atoms with Crippen molar-refractivity contribution in [3.63, 3.8) is 0 Å². The van der Waals surface area contributed by atoms with Crippen molar-refractivity contribution < 1.29 is 28.5 Å². The second kappa shape index (κ2) is 8.75. The molecule has 0 aliphatic heterocycles. The number of fused-ring (bicyclic) bond motifs is 1. The summed E-state index contributed by atoms with van der Waals surface area (Å²) in [7, 11) is 1.53. The number of rotatable bonds is 8. The molecule has 0 spiro atoms. The Labute approximate surface area is 162 Å². The van der Waals surface area contributed by atoms with E-state index in [1.54, 1.807) is 30.3 Å². The van der Waals surface area contributed by atoms with Crippen LogP contribution in [0.25, 0.3) is 10.9 Å². The Balaban J connectivity index is 1.84. The number of phenols is 1. The highest BCUT2D eigenvalue weighted by atomic mass is 19.1. The van der Waals surface area contributed by atoms with Gasteiger partial charge in [0.2, 0.25) is 0 Å². The fourth-order valence-electron chi connectivity index (χ4n) is 3.09. The number of hydrogen-bond donors (Lipinski definition) is 1. The van der Waals surface area contributed by atoms with Gasteiger partial charge in [-0.1, -0.05) is 0 Å². The molecule has 3 aromatic rings. The smallest absolute Gasteiger partial charge is 0.340 e. The molecule has 1 N–H and O–H groups in total. The molecule has 28 heavy (non-hydrogen) atoms. The Bertz CT molecular complexity index is 965. The first-order valence-electron chi connectivity index (χ1n) is 8.87. The van der Waals surface area contributed by atoms with Crippen LogP contribution < -0.4 is 4.74 Å². The third-order valence-electron chi connectivity index (χ3n) is 4.43. The lowest BCUT2D eigenvalue weighted by Gasteiger charge is -2.11. The summed E-state index contributed by atoms with van der Waals surface area (Å²) in [5.74, 6) is -0.162. The Morgan fingerprint density at radius 2 is 1.86 bits per heavy atom. The first kappa shape index (κ1) is 19.7. The number of nitrogens with zero attached hydrogens (tertiary/aromatic N) is 1. The van der Waals surface area contributed by atoms with E-state index in [0.717, 1.165) is 5.52 Å². The van der Waals surface area contributed by atoms with Crippen molar-refractivity contribution in [1.29, 1.82) is 0 Å². The van der Waals surface area contributed by atoms with E-state index in [9.17, 15) is 14.3 Å². The monoisotopic (exact) mass is 387 g/mol. The number of carbonyl (C=O) groups excluding carboxylic acids is 1. The average molecular weight is 387 g/mol. The van der Waals surface area contributed by atoms with Crippen LogP contribution in [-0.4, -0.2) is 42.6 Å². The third-order valence-corrected chi connectivity index (χ3v) is 4.43. The molecule has 3 rings (SSSR count). The van der Waals surface area contributed by atoms with Gasteiger partial charge >= 0.3 is 5.97 Å². The number of halogens is 1. The standard InChI is InChI=1S/C21H22FNO5/c1-14-20(21(25)28-12-11-26-2)18-13-16(24)5-8-19(18)23(14)9-10-27-17-6-3-15(22)4-7-17/h3-8,13,24H,9-12H2,1-2H3. The summed E-state index contributed by atoms with van der Waals surface area (Å²) < 4.78 is 30.8. The Morgan fingerprint density at radius 3 is 2.57 bits per heavy atom. The van der Waals surface area contributed by atoms with E-state index in [0.29, 0.717) is 42.2 Å². The quantitative estimate of drug-likeness (QED) is 0.472. The second-order valence-electron chi connectivity index (χ2n) is 6.24. The predicted molar refractivity (Wildman–Crippen MR) is 102 cm³/mol. The van der Waals surface area contributed by atoms with Crippen LogP contribution in [-0.2, 0) is 16.0 Å². The van der Waals surface area contributed by atoms with Gasteiger partial charge in [0.25, 0.3) is 0 Å². The van der Waals surface area contributed by atoms with Crippen molar-refractivity contribution >= 4 is 16.9 Å². The van der Waals surface area contributed by atoms with Gasteiger partial charge in [-0.2, -0.15) is 0 Å². The summed E-state index contributed by atoms with van der Waals surface area (Å²) in [4.78, 5) is 12.6. The van der Waals surface area contributed by atoms with Crippen LogP contribution in [0.2, 0.25) is 0 Å². The van der Waals surface area contributed by atoms with E-state index in [4.69, 9.17) is 14.2 Å². The first-order valence-corrected chi connectivity index (χ1v) is 8.87. The molecule has 0 unspecified atom stereocenters. The minimum absolute atomic E-state index is 0.0677. The molecule has 1 aromatic heterocycles. The number of methoxy groups -OCH3 is 1. The number of benzene rings is 2. The molecule has 0 saturated heterocycles. The largest absolute Gasteiger partial charge is 0.508 e. The van der Waals surface area contributed by atoms with E-state index < -0.39 is 5.97 Å². The fourth-order valence-corrected chi connectivity index (χ4v) is 3.09. The van der Waals surface area contributed by atoms with Crippen LogP contribution in [0.4, 0.5) is 4.39 Å². The molecule has 0 amide bonds. The number of ether oxygens (including phenoxy) is 3. The van der Waals surface area contributed by atoms with Crippen LogP contribution in [0.5, 0.6) is 11.5 Å². The molecule has 0 atom stereocenters. The van der Waals surface area contributed by atoms with Crippen molar-refractivity contribution in [3.05, 3.63) is 59.5 Å². The molecule has 0 bridgehead atoms. The van der Waals surface area contributed by atoms with E-state index in [1.165, 1.54) is 19.2 Å². The lowest BCUT2D eigenvalue weighted by Crippen LogP contribution is -2.13. The molecule has 0 saturated carbocycles. The highest BCUT2D eigenvalue weighted by Gasteiger charge is 2.21. The molecule has 7 heteroatoms. The highest BCUT2D eigenvalue weighted by molar-refractivity contribution is 6.06. The van der Waals surface area contributed by atoms with Crippen LogP contribution in [0.15, 0.2) is 42.5 Å². The van der Waals surface area contributed by atoms with Crippen molar-refractivity contribution in [3.8, 4) is 11.5 Å². The number of esters is 1. The summed E-state index contributed by atoms with van der Waals surface area (Å²) in [6, 6.07) is 10.7. The summed E-state index contributed by atoms with van der Waals surface area (Å²) >= 11 is 0. The van der Waals surface area contributed by atoms with Crippen molar-refractivity contribution in [1.82, 2.24) is 4.57 Å². The van der Waals surface area contributed by atoms with Crippen molar-refractivity contribution in [2.75, 3.05) is 26.9 Å². The lowest BCUT2D eigenvalue weighted by atomic mass is 10.1. The van der Waals surface area contributed by atoms with Crippen molar-refractivity contribution in [2.45, 2.75) is 13.5 Å². The Kier molecular flexibility index (Phi) is 6.16. The van der Waals surface area contributed by atoms with Gasteiger partial charge in [-0.15, -0.1) is 0 Å². The fraction of sp³-hybridized carbons (Fsp3) is 0.286. The normalized spacial score (nSPS) is 11.0. The molecular formula is C21H22FNO5. The SMILES string of the molecule is COCCOC(=O)c1c(C)n(CCOc2ccc(F)cc2)c2ccc(O)cc12. The molecule has 2 aromatic carbocycles. The van der Waals surface area contributed by atoms with E-state index in [-0.39, 0.29) is 18.2 Å².